The van der Waals surface area contributed by atoms with Gasteiger partial charge in [0.2, 0.25) is 0 Å². The molecular formula is C14H22ClNO. The van der Waals surface area contributed by atoms with Gasteiger partial charge in [-0.2, -0.15) is 0 Å². The maximum Gasteiger partial charge on any atom is 0.0505 e. The fourth-order valence-corrected chi connectivity index (χ4v) is 2.10. The quantitative estimate of drug-likeness (QED) is 0.721. The first-order chi connectivity index (χ1) is 8.27. The third kappa shape index (κ3) is 5.53. The molecule has 0 amide bonds. The molecule has 96 valence electrons. The van der Waals surface area contributed by atoms with E-state index in [4.69, 9.17) is 16.3 Å². The monoisotopic (exact) mass is 255 g/mol. The van der Waals surface area contributed by atoms with E-state index >= 15 is 0 Å². The lowest BCUT2D eigenvalue weighted by atomic mass is 10.00. The molecule has 0 fully saturated rings. The van der Waals surface area contributed by atoms with Crippen molar-refractivity contribution in [2.24, 2.45) is 5.92 Å². The van der Waals surface area contributed by atoms with E-state index in [1.165, 1.54) is 5.56 Å². The maximum absolute atomic E-state index is 6.17. The molecule has 0 aliphatic heterocycles. The highest BCUT2D eigenvalue weighted by molar-refractivity contribution is 6.31. The largest absolute Gasteiger partial charge is 0.384 e. The van der Waals surface area contributed by atoms with E-state index in [1.807, 2.05) is 18.2 Å². The van der Waals surface area contributed by atoms with Crippen molar-refractivity contribution in [3.63, 3.8) is 0 Å². The van der Waals surface area contributed by atoms with Crippen LogP contribution in [-0.4, -0.2) is 26.8 Å². The van der Waals surface area contributed by atoms with Crippen LogP contribution >= 0.6 is 11.6 Å². The van der Waals surface area contributed by atoms with Gasteiger partial charge in [0, 0.05) is 18.7 Å². The van der Waals surface area contributed by atoms with Crippen LogP contribution in [0.15, 0.2) is 24.3 Å². The molecule has 0 bridgehead atoms. The molecule has 1 atom stereocenters. The zero-order valence-corrected chi connectivity index (χ0v) is 11.5. The molecule has 0 spiro atoms. The first kappa shape index (κ1) is 14.5. The number of rotatable bonds is 8. The molecule has 0 radical (unpaired) electrons. The summed E-state index contributed by atoms with van der Waals surface area (Å²) in [6.07, 6.45) is 2.12. The van der Waals surface area contributed by atoms with Crippen LogP contribution in [0.2, 0.25) is 5.02 Å². The van der Waals surface area contributed by atoms with Crippen LogP contribution in [-0.2, 0) is 11.2 Å². The molecule has 1 rings (SSSR count). The Morgan fingerprint density at radius 3 is 2.76 bits per heavy atom. The Morgan fingerprint density at radius 2 is 2.12 bits per heavy atom. The van der Waals surface area contributed by atoms with Gasteiger partial charge in [-0.3, -0.25) is 0 Å². The van der Waals surface area contributed by atoms with Crippen LogP contribution in [0.1, 0.15) is 18.9 Å². The smallest absolute Gasteiger partial charge is 0.0505 e. The van der Waals surface area contributed by atoms with E-state index in [-0.39, 0.29) is 0 Å². The molecule has 1 aromatic rings. The number of hydrogen-bond donors (Lipinski definition) is 1. The zero-order valence-electron chi connectivity index (χ0n) is 10.7. The van der Waals surface area contributed by atoms with Crippen molar-refractivity contribution in [2.75, 3.05) is 26.8 Å². The first-order valence-corrected chi connectivity index (χ1v) is 6.58. The summed E-state index contributed by atoms with van der Waals surface area (Å²) in [5.74, 6) is 0.478. The molecule has 0 saturated heterocycles. The van der Waals surface area contributed by atoms with Gasteiger partial charge in [0.15, 0.2) is 0 Å². The van der Waals surface area contributed by atoms with Crippen molar-refractivity contribution in [3.05, 3.63) is 34.9 Å². The number of methoxy groups -OCH3 is 1. The van der Waals surface area contributed by atoms with Crippen molar-refractivity contribution in [3.8, 4) is 0 Å². The number of ether oxygens (including phenoxy) is 1. The lowest BCUT2D eigenvalue weighted by Gasteiger charge is -2.17. The summed E-state index contributed by atoms with van der Waals surface area (Å²) >= 11 is 6.17. The highest BCUT2D eigenvalue weighted by Gasteiger charge is 2.11. The van der Waals surface area contributed by atoms with Crippen LogP contribution < -0.4 is 5.32 Å². The molecule has 0 heterocycles. The normalized spacial score (nSPS) is 12.6. The van der Waals surface area contributed by atoms with Crippen molar-refractivity contribution in [2.45, 2.75) is 19.8 Å². The van der Waals surface area contributed by atoms with Crippen LogP contribution in [0.25, 0.3) is 0 Å². The van der Waals surface area contributed by atoms with E-state index in [0.29, 0.717) is 5.92 Å². The van der Waals surface area contributed by atoms with Crippen molar-refractivity contribution in [1.29, 1.82) is 0 Å². The minimum absolute atomic E-state index is 0.478. The van der Waals surface area contributed by atoms with Gasteiger partial charge in [0.1, 0.15) is 0 Å². The van der Waals surface area contributed by atoms with Gasteiger partial charge >= 0.3 is 0 Å². The summed E-state index contributed by atoms with van der Waals surface area (Å²) in [5.41, 5.74) is 1.20. The zero-order chi connectivity index (χ0) is 12.5. The van der Waals surface area contributed by atoms with Crippen LogP contribution in [0.3, 0.4) is 0 Å². The summed E-state index contributed by atoms with van der Waals surface area (Å²) in [6, 6.07) is 8.03. The molecule has 0 aromatic heterocycles. The summed E-state index contributed by atoms with van der Waals surface area (Å²) in [4.78, 5) is 0. The molecule has 17 heavy (non-hydrogen) atoms. The Balaban J connectivity index is 2.50. The minimum atomic E-state index is 0.478. The number of hydrogen-bond acceptors (Lipinski definition) is 2. The SMILES string of the molecule is CCCNCC(COC)Cc1ccccc1Cl. The summed E-state index contributed by atoms with van der Waals surface area (Å²) in [7, 11) is 1.75. The fourth-order valence-electron chi connectivity index (χ4n) is 1.88. The molecular weight excluding hydrogens is 234 g/mol. The number of nitrogens with one attached hydrogen (secondary N) is 1. The standard InChI is InChI=1S/C14H22ClNO/c1-3-8-16-10-12(11-17-2)9-13-6-4-5-7-14(13)15/h4-7,12,16H,3,8-11H2,1-2H3. The van der Waals surface area contributed by atoms with E-state index < -0.39 is 0 Å². The second kappa shape index (κ2) is 8.51. The predicted octanol–water partition coefficient (Wildman–Crippen LogP) is 3.14. The number of halogens is 1. The minimum Gasteiger partial charge on any atom is -0.384 e. The van der Waals surface area contributed by atoms with Crippen LogP contribution in [0, 0.1) is 5.92 Å². The average Bonchev–Trinajstić information content (AvgIpc) is 2.32. The third-order valence-corrected chi connectivity index (χ3v) is 3.10. The third-order valence-electron chi connectivity index (χ3n) is 2.73. The lowest BCUT2D eigenvalue weighted by molar-refractivity contribution is 0.151. The van der Waals surface area contributed by atoms with Gasteiger partial charge in [0.05, 0.1) is 6.61 Å². The molecule has 1 unspecified atom stereocenters. The molecule has 0 aliphatic carbocycles. The van der Waals surface area contributed by atoms with Gasteiger partial charge in [-0.05, 0) is 36.9 Å². The molecule has 1 N–H and O–H groups in total. The Morgan fingerprint density at radius 1 is 1.35 bits per heavy atom. The Labute approximate surface area is 109 Å². The lowest BCUT2D eigenvalue weighted by Crippen LogP contribution is -2.28. The second-order valence-corrected chi connectivity index (χ2v) is 4.73. The average molecular weight is 256 g/mol. The highest BCUT2D eigenvalue weighted by atomic mass is 35.5. The molecule has 1 aromatic carbocycles. The number of benzene rings is 1. The second-order valence-electron chi connectivity index (χ2n) is 4.32. The fraction of sp³-hybridized carbons (Fsp3) is 0.571. The summed E-state index contributed by atoms with van der Waals surface area (Å²) in [5, 5.41) is 4.29. The Hall–Kier alpha value is -0.570. The summed E-state index contributed by atoms with van der Waals surface area (Å²) in [6.45, 7) is 4.98. The van der Waals surface area contributed by atoms with Gasteiger partial charge in [-0.25, -0.2) is 0 Å². The van der Waals surface area contributed by atoms with Gasteiger partial charge < -0.3 is 10.1 Å². The van der Waals surface area contributed by atoms with Gasteiger partial charge in [-0.15, -0.1) is 0 Å². The van der Waals surface area contributed by atoms with Crippen molar-refractivity contribution < 1.29 is 4.74 Å². The molecule has 0 saturated carbocycles. The Kier molecular flexibility index (Phi) is 7.25. The topological polar surface area (TPSA) is 21.3 Å². The van der Waals surface area contributed by atoms with Gasteiger partial charge in [0.25, 0.3) is 0 Å². The van der Waals surface area contributed by atoms with Gasteiger partial charge in [-0.1, -0.05) is 36.7 Å². The maximum atomic E-state index is 6.17. The van der Waals surface area contributed by atoms with E-state index in [2.05, 4.69) is 18.3 Å². The predicted molar refractivity (Wildman–Crippen MR) is 73.7 cm³/mol. The van der Waals surface area contributed by atoms with E-state index in [0.717, 1.165) is 37.6 Å². The van der Waals surface area contributed by atoms with Crippen molar-refractivity contribution in [1.82, 2.24) is 5.32 Å². The van der Waals surface area contributed by atoms with E-state index in [1.54, 1.807) is 7.11 Å². The van der Waals surface area contributed by atoms with Crippen LogP contribution in [0.4, 0.5) is 0 Å². The highest BCUT2D eigenvalue weighted by Crippen LogP contribution is 2.18. The Bertz CT molecular complexity index is 317. The molecule has 3 heteroatoms. The van der Waals surface area contributed by atoms with E-state index in [9.17, 15) is 0 Å². The summed E-state index contributed by atoms with van der Waals surface area (Å²) < 4.78 is 5.26. The molecule has 0 aliphatic rings. The first-order valence-electron chi connectivity index (χ1n) is 6.21. The molecule has 2 nitrogen and oxygen atoms in total. The van der Waals surface area contributed by atoms with Crippen molar-refractivity contribution >= 4 is 11.6 Å². The van der Waals surface area contributed by atoms with Crippen LogP contribution in [0.5, 0.6) is 0 Å².